The Morgan fingerprint density at radius 1 is 1.43 bits per heavy atom. The number of nitrogens with one attached hydrogen (secondary N) is 1. The smallest absolute Gasteiger partial charge is 0.159 e. The highest BCUT2D eigenvalue weighted by Crippen LogP contribution is 2.05. The number of furan rings is 1. The standard InChI is InChI=1S/C10H13NO3/c12-10(13)9-4-3-8(14-9)7-11-5-1-2-6-11/h3-4H,1-2,5-7H2,(H,12,13). The van der Waals surface area contributed by atoms with Gasteiger partial charge < -0.3 is 19.2 Å². The molecule has 1 fully saturated rings. The lowest BCUT2D eigenvalue weighted by molar-refractivity contribution is -0.902. The average Bonchev–Trinajstić information content (AvgIpc) is 2.75. The van der Waals surface area contributed by atoms with Crippen LogP contribution in [0.3, 0.4) is 0 Å². The second-order valence-electron chi connectivity index (χ2n) is 3.69. The summed E-state index contributed by atoms with van der Waals surface area (Å²) in [6, 6.07) is 3.18. The predicted molar refractivity (Wildman–Crippen MR) is 46.7 cm³/mol. The van der Waals surface area contributed by atoms with Crippen molar-refractivity contribution in [1.29, 1.82) is 0 Å². The van der Waals surface area contributed by atoms with Crippen LogP contribution in [0, 0.1) is 0 Å². The number of hydrogen-bond acceptors (Lipinski definition) is 3. The van der Waals surface area contributed by atoms with E-state index in [9.17, 15) is 9.90 Å². The van der Waals surface area contributed by atoms with Gasteiger partial charge in [0.05, 0.1) is 13.1 Å². The van der Waals surface area contributed by atoms with Gasteiger partial charge in [-0.3, -0.25) is 0 Å². The Morgan fingerprint density at radius 3 is 2.71 bits per heavy atom. The van der Waals surface area contributed by atoms with Crippen LogP contribution < -0.4 is 10.0 Å². The van der Waals surface area contributed by atoms with E-state index in [1.54, 1.807) is 6.07 Å². The van der Waals surface area contributed by atoms with E-state index in [4.69, 9.17) is 4.42 Å². The van der Waals surface area contributed by atoms with Crippen molar-refractivity contribution in [3.8, 4) is 0 Å². The number of carbonyl (C=O) groups is 1. The van der Waals surface area contributed by atoms with Gasteiger partial charge in [-0.2, -0.15) is 0 Å². The highest BCUT2D eigenvalue weighted by Gasteiger charge is 2.17. The second kappa shape index (κ2) is 3.84. The molecule has 1 aliphatic heterocycles. The minimum atomic E-state index is -1.24. The van der Waals surface area contributed by atoms with E-state index >= 15 is 0 Å². The quantitative estimate of drug-likeness (QED) is 0.660. The van der Waals surface area contributed by atoms with Gasteiger partial charge in [0.1, 0.15) is 18.3 Å². The van der Waals surface area contributed by atoms with Crippen LogP contribution in [0.4, 0.5) is 0 Å². The number of quaternary nitrogens is 1. The van der Waals surface area contributed by atoms with Gasteiger partial charge in [0, 0.05) is 12.8 Å². The molecule has 0 saturated carbocycles. The first-order valence-corrected chi connectivity index (χ1v) is 4.89. The highest BCUT2D eigenvalue weighted by atomic mass is 16.4. The first-order chi connectivity index (χ1) is 6.75. The Morgan fingerprint density at radius 2 is 2.14 bits per heavy atom. The maximum atomic E-state index is 10.4. The van der Waals surface area contributed by atoms with Crippen LogP contribution in [0.15, 0.2) is 16.5 Å². The molecule has 0 aliphatic carbocycles. The molecule has 1 saturated heterocycles. The topological polar surface area (TPSA) is 57.7 Å². The molecular formula is C10H13NO3. The van der Waals surface area contributed by atoms with E-state index in [1.807, 2.05) is 0 Å². The molecule has 1 aromatic rings. The van der Waals surface area contributed by atoms with Crippen LogP contribution in [0.25, 0.3) is 0 Å². The lowest BCUT2D eigenvalue weighted by Gasteiger charge is -2.09. The summed E-state index contributed by atoms with van der Waals surface area (Å²) in [5, 5.41) is 10.4. The molecule has 76 valence electrons. The van der Waals surface area contributed by atoms with Gasteiger partial charge >= 0.3 is 0 Å². The Kier molecular flexibility index (Phi) is 2.54. The third-order valence-corrected chi connectivity index (χ3v) is 2.60. The van der Waals surface area contributed by atoms with Gasteiger partial charge in [-0.1, -0.05) is 0 Å². The number of aromatic carboxylic acids is 1. The van der Waals surface area contributed by atoms with Gasteiger partial charge in [-0.25, -0.2) is 0 Å². The van der Waals surface area contributed by atoms with Gasteiger partial charge in [-0.05, 0) is 12.1 Å². The maximum absolute atomic E-state index is 10.4. The lowest BCUT2D eigenvalue weighted by Crippen LogP contribution is -3.08. The Balaban J connectivity index is 1.98. The van der Waals surface area contributed by atoms with Crippen molar-refractivity contribution < 1.29 is 19.2 Å². The molecule has 1 N–H and O–H groups in total. The van der Waals surface area contributed by atoms with Gasteiger partial charge in [-0.15, -0.1) is 0 Å². The van der Waals surface area contributed by atoms with E-state index in [-0.39, 0.29) is 5.76 Å². The van der Waals surface area contributed by atoms with Crippen LogP contribution in [0.2, 0.25) is 0 Å². The van der Waals surface area contributed by atoms with Crippen LogP contribution in [-0.4, -0.2) is 19.1 Å². The summed E-state index contributed by atoms with van der Waals surface area (Å²) in [5.41, 5.74) is 0. The molecule has 0 bridgehead atoms. The summed E-state index contributed by atoms with van der Waals surface area (Å²) in [6.45, 7) is 3.09. The number of likely N-dealkylation sites (tertiary alicyclic amines) is 1. The fourth-order valence-corrected chi connectivity index (χ4v) is 1.88. The molecule has 2 heterocycles. The summed E-state index contributed by atoms with van der Waals surface area (Å²) in [4.78, 5) is 11.9. The number of carboxylic acid groups (broad SMARTS) is 1. The molecule has 4 nitrogen and oxygen atoms in total. The first kappa shape index (κ1) is 9.27. The average molecular weight is 195 g/mol. The summed E-state index contributed by atoms with van der Waals surface area (Å²) < 4.78 is 5.12. The molecule has 1 aliphatic rings. The number of hydrogen-bond donors (Lipinski definition) is 1. The normalized spacial score (nSPS) is 17.4. The van der Waals surface area contributed by atoms with Crippen LogP contribution in [0.1, 0.15) is 29.2 Å². The van der Waals surface area contributed by atoms with E-state index in [2.05, 4.69) is 0 Å². The number of carbonyl (C=O) groups excluding carboxylic acids is 1. The monoisotopic (exact) mass is 195 g/mol. The fourth-order valence-electron chi connectivity index (χ4n) is 1.88. The molecule has 0 aromatic carbocycles. The molecule has 0 radical (unpaired) electrons. The third-order valence-electron chi connectivity index (χ3n) is 2.60. The van der Waals surface area contributed by atoms with Crippen molar-refractivity contribution in [1.82, 2.24) is 0 Å². The second-order valence-corrected chi connectivity index (χ2v) is 3.69. The summed E-state index contributed by atoms with van der Waals surface area (Å²) in [5.74, 6) is -0.577. The highest BCUT2D eigenvalue weighted by molar-refractivity contribution is 5.82. The Labute approximate surface area is 82.1 Å². The van der Waals surface area contributed by atoms with E-state index in [0.29, 0.717) is 0 Å². The molecule has 1 aromatic heterocycles. The Bertz CT molecular complexity index is 326. The molecule has 0 unspecified atom stereocenters. The van der Waals surface area contributed by atoms with Crippen molar-refractivity contribution in [2.75, 3.05) is 13.1 Å². The van der Waals surface area contributed by atoms with Crippen molar-refractivity contribution in [3.63, 3.8) is 0 Å². The molecule has 0 atom stereocenters. The zero-order valence-corrected chi connectivity index (χ0v) is 7.91. The van der Waals surface area contributed by atoms with Gasteiger partial charge in [0.25, 0.3) is 0 Å². The van der Waals surface area contributed by atoms with Crippen molar-refractivity contribution in [2.45, 2.75) is 19.4 Å². The van der Waals surface area contributed by atoms with Gasteiger partial charge in [0.15, 0.2) is 5.76 Å². The minimum absolute atomic E-state index is 0.0707. The molecule has 14 heavy (non-hydrogen) atoms. The van der Waals surface area contributed by atoms with Crippen molar-refractivity contribution >= 4 is 5.97 Å². The maximum Gasteiger partial charge on any atom is 0.159 e. The molecule has 0 spiro atoms. The van der Waals surface area contributed by atoms with E-state index < -0.39 is 5.97 Å². The molecular weight excluding hydrogens is 182 g/mol. The zero-order chi connectivity index (χ0) is 9.97. The molecule has 2 rings (SSSR count). The van der Waals surface area contributed by atoms with E-state index in [1.165, 1.54) is 23.8 Å². The first-order valence-electron chi connectivity index (χ1n) is 4.89. The summed E-state index contributed by atoms with van der Waals surface area (Å²) in [7, 11) is 0. The van der Waals surface area contributed by atoms with Crippen LogP contribution >= 0.6 is 0 Å². The van der Waals surface area contributed by atoms with Gasteiger partial charge in [0.2, 0.25) is 0 Å². The number of carboxylic acids is 1. The van der Waals surface area contributed by atoms with Crippen molar-refractivity contribution in [3.05, 3.63) is 23.7 Å². The summed E-state index contributed by atoms with van der Waals surface area (Å²) >= 11 is 0. The fraction of sp³-hybridized carbons (Fsp3) is 0.500. The van der Waals surface area contributed by atoms with Crippen LogP contribution in [0.5, 0.6) is 0 Å². The summed E-state index contributed by atoms with van der Waals surface area (Å²) in [6.07, 6.45) is 2.51. The van der Waals surface area contributed by atoms with E-state index in [0.717, 1.165) is 25.4 Å². The molecule has 0 amide bonds. The molecule has 4 heteroatoms. The predicted octanol–water partition coefficient (Wildman–Crippen LogP) is -1.18. The SMILES string of the molecule is O=C([O-])c1ccc(C[NH+]2CCCC2)o1. The van der Waals surface area contributed by atoms with Crippen molar-refractivity contribution in [2.24, 2.45) is 0 Å². The minimum Gasteiger partial charge on any atom is -0.542 e. The zero-order valence-electron chi connectivity index (χ0n) is 7.91. The van der Waals surface area contributed by atoms with Crippen LogP contribution in [-0.2, 0) is 6.54 Å². The largest absolute Gasteiger partial charge is 0.542 e. The number of rotatable bonds is 3. The third kappa shape index (κ3) is 1.96. The lowest BCUT2D eigenvalue weighted by atomic mass is 10.4. The Hall–Kier alpha value is -1.29.